The summed E-state index contributed by atoms with van der Waals surface area (Å²) < 4.78 is 0. The van der Waals surface area contributed by atoms with E-state index in [1.807, 2.05) is 0 Å². The monoisotopic (exact) mass is 180 g/mol. The van der Waals surface area contributed by atoms with Crippen LogP contribution in [0, 0.1) is 18.8 Å². The van der Waals surface area contributed by atoms with Crippen molar-refractivity contribution < 1.29 is 0 Å². The average molecular weight is 180 g/mol. The van der Waals surface area contributed by atoms with Crippen molar-refractivity contribution in [3.8, 4) is 11.8 Å². The summed E-state index contributed by atoms with van der Waals surface area (Å²) in [4.78, 5) is 0. The molecule has 1 aromatic carbocycles. The Morgan fingerprint density at radius 3 is 2.93 bits per heavy atom. The third-order valence-electron chi connectivity index (χ3n) is 2.47. The lowest BCUT2D eigenvalue weighted by atomic mass is 10.0. The van der Waals surface area contributed by atoms with E-state index in [1.165, 1.54) is 11.1 Å². The summed E-state index contributed by atoms with van der Waals surface area (Å²) in [6.45, 7) is 5.76. The Morgan fingerprint density at radius 2 is 2.14 bits per heavy atom. The van der Waals surface area contributed by atoms with Gasteiger partial charge >= 0.3 is 0 Å². The summed E-state index contributed by atoms with van der Waals surface area (Å²) in [6, 6.07) is 6.43. The minimum atomic E-state index is 0.965. The Kier molecular flexibility index (Phi) is 2.27. The Morgan fingerprint density at radius 1 is 1.29 bits per heavy atom. The van der Waals surface area contributed by atoms with Gasteiger partial charge in [-0.15, -0.1) is 5.73 Å². The third-order valence-corrected chi connectivity index (χ3v) is 2.47. The molecule has 0 aliphatic heterocycles. The zero-order valence-corrected chi connectivity index (χ0v) is 8.35. The Bertz CT molecular complexity index is 474. The minimum Gasteiger partial charge on any atom is -0.116 e. The summed E-state index contributed by atoms with van der Waals surface area (Å²) in [5, 5.41) is 0. The highest BCUT2D eigenvalue weighted by Crippen LogP contribution is 2.17. The van der Waals surface area contributed by atoms with Crippen molar-refractivity contribution in [1.29, 1.82) is 0 Å². The van der Waals surface area contributed by atoms with E-state index >= 15 is 0 Å². The maximum atomic E-state index is 3.64. The van der Waals surface area contributed by atoms with E-state index in [1.54, 1.807) is 0 Å². The number of hydrogen-bond donors (Lipinski definition) is 0. The van der Waals surface area contributed by atoms with Crippen LogP contribution >= 0.6 is 0 Å². The predicted octanol–water partition coefficient (Wildman–Crippen LogP) is 3.00. The number of aryl methyl sites for hydroxylation is 2. The first-order valence-electron chi connectivity index (χ1n) is 4.80. The highest BCUT2D eigenvalue weighted by atomic mass is 14.1. The second-order valence-electron chi connectivity index (χ2n) is 3.57. The fourth-order valence-corrected chi connectivity index (χ4v) is 1.65. The molecule has 0 aromatic heterocycles. The molecule has 0 saturated heterocycles. The Balaban J connectivity index is 2.49. The van der Waals surface area contributed by atoms with Gasteiger partial charge < -0.3 is 0 Å². The summed E-state index contributed by atoms with van der Waals surface area (Å²) >= 11 is 0. The minimum absolute atomic E-state index is 0.965. The van der Waals surface area contributed by atoms with E-state index in [0.717, 1.165) is 24.0 Å². The summed E-state index contributed by atoms with van der Waals surface area (Å²) in [5.74, 6) is 6.26. The van der Waals surface area contributed by atoms with Crippen LogP contribution in [0.25, 0.3) is 0 Å². The molecule has 0 fully saturated rings. The number of fused-ring (bicyclic) bond motifs is 1. The van der Waals surface area contributed by atoms with Crippen LogP contribution in [0.15, 0.2) is 36.1 Å². The number of allylic oxidation sites excluding steroid dienone is 1. The molecule has 0 heteroatoms. The molecule has 0 bridgehead atoms. The molecular formula is C14H12. The van der Waals surface area contributed by atoms with Gasteiger partial charge in [-0.25, -0.2) is 0 Å². The molecule has 0 N–H and O–H groups in total. The summed E-state index contributed by atoms with van der Waals surface area (Å²) in [6.07, 6.45) is 2.00. The van der Waals surface area contributed by atoms with Gasteiger partial charge in [0.05, 0.1) is 0 Å². The molecule has 0 spiro atoms. The van der Waals surface area contributed by atoms with E-state index in [0.29, 0.717) is 0 Å². The molecule has 0 unspecified atom stereocenters. The highest BCUT2D eigenvalue weighted by molar-refractivity contribution is 5.49. The maximum absolute atomic E-state index is 3.64. The molecule has 0 amide bonds. The van der Waals surface area contributed by atoms with Crippen LogP contribution in [-0.4, -0.2) is 0 Å². The van der Waals surface area contributed by atoms with Crippen molar-refractivity contribution in [2.24, 2.45) is 0 Å². The van der Waals surface area contributed by atoms with E-state index in [4.69, 9.17) is 0 Å². The fraction of sp³-hybridized carbons (Fsp3) is 0.214. The molecule has 68 valence electrons. The first-order chi connectivity index (χ1) is 6.79. The zero-order chi connectivity index (χ0) is 9.97. The fourth-order valence-electron chi connectivity index (χ4n) is 1.65. The zero-order valence-electron chi connectivity index (χ0n) is 8.35. The third kappa shape index (κ3) is 1.64. The van der Waals surface area contributed by atoms with Gasteiger partial charge in [-0.2, -0.15) is 0 Å². The number of benzene rings is 1. The number of rotatable bonds is 0. The normalized spacial score (nSPS) is 13.4. The van der Waals surface area contributed by atoms with E-state index in [2.05, 4.69) is 49.3 Å². The van der Waals surface area contributed by atoms with Gasteiger partial charge in [-0.3, -0.25) is 0 Å². The van der Waals surface area contributed by atoms with E-state index in [-0.39, 0.29) is 0 Å². The smallest absolute Gasteiger partial charge is 0.0438 e. The molecule has 1 aromatic rings. The number of hydrogen-bond acceptors (Lipinski definition) is 0. The molecule has 0 atom stereocenters. The van der Waals surface area contributed by atoms with Crippen molar-refractivity contribution in [2.45, 2.75) is 19.8 Å². The lowest BCUT2D eigenvalue weighted by Gasteiger charge is -2.02. The molecule has 1 aliphatic rings. The van der Waals surface area contributed by atoms with Gasteiger partial charge in [0.1, 0.15) is 0 Å². The first kappa shape index (κ1) is 8.88. The van der Waals surface area contributed by atoms with E-state index in [9.17, 15) is 0 Å². The SMILES string of the molecule is C=C=C1C#Cc2ccc(C)cc2CC1. The molecule has 0 heterocycles. The summed E-state index contributed by atoms with van der Waals surface area (Å²) in [5.41, 5.74) is 7.72. The van der Waals surface area contributed by atoms with Crippen molar-refractivity contribution in [1.82, 2.24) is 0 Å². The summed E-state index contributed by atoms with van der Waals surface area (Å²) in [7, 11) is 0. The van der Waals surface area contributed by atoms with Crippen LogP contribution in [0.1, 0.15) is 23.1 Å². The topological polar surface area (TPSA) is 0 Å². The Hall–Kier alpha value is -1.70. The Labute approximate surface area is 85.0 Å². The first-order valence-corrected chi connectivity index (χ1v) is 4.80. The van der Waals surface area contributed by atoms with Crippen LogP contribution in [0.5, 0.6) is 0 Å². The van der Waals surface area contributed by atoms with E-state index < -0.39 is 0 Å². The van der Waals surface area contributed by atoms with Crippen LogP contribution in [-0.2, 0) is 6.42 Å². The molecule has 2 rings (SSSR count). The molecule has 0 radical (unpaired) electrons. The predicted molar refractivity (Wildman–Crippen MR) is 59.0 cm³/mol. The van der Waals surface area contributed by atoms with Gasteiger partial charge in [0.2, 0.25) is 0 Å². The standard InChI is InChI=1S/C14H12/c1-3-12-5-8-13-7-4-11(2)10-14(13)9-6-12/h4,7,10H,1,6,9H2,2H3. The molecule has 0 nitrogen and oxygen atoms in total. The molecular weight excluding hydrogens is 168 g/mol. The lowest BCUT2D eigenvalue weighted by molar-refractivity contribution is 0.974. The molecule has 1 aliphatic carbocycles. The molecule has 0 saturated carbocycles. The van der Waals surface area contributed by atoms with Gasteiger partial charge in [-0.1, -0.05) is 36.1 Å². The second kappa shape index (κ2) is 3.58. The van der Waals surface area contributed by atoms with Crippen LogP contribution in [0.2, 0.25) is 0 Å². The van der Waals surface area contributed by atoms with Crippen molar-refractivity contribution in [3.05, 3.63) is 52.8 Å². The maximum Gasteiger partial charge on any atom is 0.0438 e. The van der Waals surface area contributed by atoms with Gasteiger partial charge in [0.25, 0.3) is 0 Å². The average Bonchev–Trinajstić information content (AvgIpc) is 2.39. The van der Waals surface area contributed by atoms with Crippen LogP contribution < -0.4 is 0 Å². The quantitative estimate of drug-likeness (QED) is 0.425. The highest BCUT2D eigenvalue weighted by Gasteiger charge is 2.05. The van der Waals surface area contributed by atoms with Gasteiger partial charge in [-0.05, 0) is 31.4 Å². The van der Waals surface area contributed by atoms with Crippen molar-refractivity contribution in [3.63, 3.8) is 0 Å². The van der Waals surface area contributed by atoms with Crippen molar-refractivity contribution >= 4 is 0 Å². The second-order valence-corrected chi connectivity index (χ2v) is 3.57. The van der Waals surface area contributed by atoms with Crippen molar-refractivity contribution in [2.75, 3.05) is 0 Å². The van der Waals surface area contributed by atoms with Gasteiger partial charge in [0.15, 0.2) is 0 Å². The molecule has 14 heavy (non-hydrogen) atoms. The largest absolute Gasteiger partial charge is 0.116 e. The van der Waals surface area contributed by atoms with Crippen LogP contribution in [0.4, 0.5) is 0 Å². The van der Waals surface area contributed by atoms with Crippen LogP contribution in [0.3, 0.4) is 0 Å². The van der Waals surface area contributed by atoms with Gasteiger partial charge in [0, 0.05) is 11.1 Å². The lowest BCUT2D eigenvalue weighted by Crippen LogP contribution is -1.89.